The van der Waals surface area contributed by atoms with Crippen molar-refractivity contribution < 1.29 is 4.79 Å². The summed E-state index contributed by atoms with van der Waals surface area (Å²) >= 11 is 11.4. The van der Waals surface area contributed by atoms with E-state index >= 15 is 0 Å². The van der Waals surface area contributed by atoms with Crippen molar-refractivity contribution in [2.75, 3.05) is 24.3 Å². The van der Waals surface area contributed by atoms with Gasteiger partial charge in [-0.15, -0.1) is 0 Å². The Morgan fingerprint density at radius 3 is 2.83 bits per heavy atom. The van der Waals surface area contributed by atoms with Crippen LogP contribution in [0.25, 0.3) is 21.9 Å². The third-order valence-corrected chi connectivity index (χ3v) is 7.96. The minimum absolute atomic E-state index is 0.0708. The first-order valence-corrected chi connectivity index (χ1v) is 11.4. The highest BCUT2D eigenvalue weighted by atomic mass is 79.9. The zero-order chi connectivity index (χ0) is 21.2. The standard InChI is InChI=1S/C19H19BrClN7OS/c1-28(2)19-26-15(21)14(30-19)18-25-13-12(9(20)6-23-17(13)27-18)24-11-8-4-3-7(5-8)10(11)16(22)29/h3-4,6-8,10-11H,5H2,1-2H3,(H2,22,29)(H2,23,24,25,27)/t7-,8+,10+,11?/m1/s1. The summed E-state index contributed by atoms with van der Waals surface area (Å²) in [6.45, 7) is 0. The Morgan fingerprint density at radius 2 is 2.13 bits per heavy atom. The molecule has 156 valence electrons. The predicted molar refractivity (Wildman–Crippen MR) is 123 cm³/mol. The molecule has 0 aliphatic heterocycles. The van der Waals surface area contributed by atoms with Gasteiger partial charge < -0.3 is 20.9 Å². The summed E-state index contributed by atoms with van der Waals surface area (Å²) in [4.78, 5) is 31.5. The second-order valence-corrected chi connectivity index (χ2v) is 10.0. The van der Waals surface area contributed by atoms with Crippen LogP contribution >= 0.6 is 38.9 Å². The number of aromatic amines is 1. The number of nitrogens with two attached hydrogens (primary N) is 1. The molecule has 1 amide bonds. The van der Waals surface area contributed by atoms with Gasteiger partial charge >= 0.3 is 0 Å². The molecule has 0 aromatic carbocycles. The summed E-state index contributed by atoms with van der Waals surface area (Å²) in [7, 11) is 3.83. The number of hydrogen-bond acceptors (Lipinski definition) is 7. The molecule has 11 heteroatoms. The van der Waals surface area contributed by atoms with Crippen LogP contribution in [0.4, 0.5) is 10.8 Å². The Hall–Kier alpha value is -2.17. The number of nitrogens with one attached hydrogen (secondary N) is 2. The number of nitrogens with zero attached hydrogens (tertiary/aromatic N) is 4. The number of halogens is 2. The highest BCUT2D eigenvalue weighted by Crippen LogP contribution is 2.46. The fourth-order valence-electron chi connectivity index (χ4n) is 4.38. The maximum Gasteiger partial charge on any atom is 0.223 e. The number of aromatic nitrogens is 4. The first-order chi connectivity index (χ1) is 14.3. The molecule has 1 unspecified atom stereocenters. The van der Waals surface area contributed by atoms with Gasteiger partial charge in [0.2, 0.25) is 5.91 Å². The van der Waals surface area contributed by atoms with E-state index in [0.29, 0.717) is 16.6 Å². The number of primary amides is 1. The molecule has 1 saturated carbocycles. The summed E-state index contributed by atoms with van der Waals surface area (Å²) in [5.74, 6) is 0.552. The zero-order valence-electron chi connectivity index (χ0n) is 16.2. The quantitative estimate of drug-likeness (QED) is 0.454. The van der Waals surface area contributed by atoms with Crippen molar-refractivity contribution in [1.29, 1.82) is 0 Å². The van der Waals surface area contributed by atoms with E-state index < -0.39 is 0 Å². The molecule has 8 nitrogen and oxygen atoms in total. The molecule has 3 heterocycles. The van der Waals surface area contributed by atoms with Crippen molar-refractivity contribution in [2.24, 2.45) is 23.5 Å². The third-order valence-electron chi connectivity index (χ3n) is 5.74. The van der Waals surface area contributed by atoms with Crippen molar-refractivity contribution >= 4 is 66.8 Å². The van der Waals surface area contributed by atoms with E-state index in [-0.39, 0.29) is 29.7 Å². The van der Waals surface area contributed by atoms with Gasteiger partial charge in [-0.05, 0) is 34.2 Å². The van der Waals surface area contributed by atoms with Gasteiger partial charge in [-0.3, -0.25) is 4.79 Å². The number of imidazole rings is 1. The first-order valence-electron chi connectivity index (χ1n) is 9.46. The lowest BCUT2D eigenvalue weighted by molar-refractivity contribution is -0.122. The lowest BCUT2D eigenvalue weighted by Gasteiger charge is -2.28. The molecule has 30 heavy (non-hydrogen) atoms. The Labute approximate surface area is 190 Å². The van der Waals surface area contributed by atoms with Gasteiger partial charge in [-0.2, -0.15) is 0 Å². The van der Waals surface area contributed by atoms with Gasteiger partial charge in [0.05, 0.1) is 16.1 Å². The topological polar surface area (TPSA) is 113 Å². The van der Waals surface area contributed by atoms with Crippen molar-refractivity contribution in [3.05, 3.63) is 28.0 Å². The molecule has 0 saturated heterocycles. The number of allylic oxidation sites excluding steroid dienone is 1. The van der Waals surface area contributed by atoms with Crippen molar-refractivity contribution in [3.8, 4) is 10.7 Å². The number of carbonyl (C=O) groups is 1. The van der Waals surface area contributed by atoms with E-state index in [9.17, 15) is 4.79 Å². The molecule has 1 fully saturated rings. The molecule has 3 aromatic heterocycles. The van der Waals surface area contributed by atoms with Crippen LogP contribution in [0.15, 0.2) is 22.8 Å². The zero-order valence-corrected chi connectivity index (χ0v) is 19.3. The Morgan fingerprint density at radius 1 is 1.37 bits per heavy atom. The second kappa shape index (κ2) is 7.21. The van der Waals surface area contributed by atoms with Gasteiger partial charge in [-0.1, -0.05) is 35.1 Å². The van der Waals surface area contributed by atoms with E-state index in [1.807, 2.05) is 19.0 Å². The second-order valence-electron chi connectivity index (χ2n) is 7.82. The highest BCUT2D eigenvalue weighted by Gasteiger charge is 2.47. The first kappa shape index (κ1) is 19.8. The van der Waals surface area contributed by atoms with Gasteiger partial charge in [0.15, 0.2) is 21.8 Å². The van der Waals surface area contributed by atoms with Crippen LogP contribution in [0.5, 0.6) is 0 Å². The molecule has 4 atom stereocenters. The molecular formula is C19H19BrClN7OS. The largest absolute Gasteiger partial charge is 0.378 e. The van der Waals surface area contributed by atoms with Crippen LogP contribution in [0.1, 0.15) is 6.42 Å². The molecule has 2 aliphatic rings. The lowest BCUT2D eigenvalue weighted by Crippen LogP contribution is -2.41. The van der Waals surface area contributed by atoms with E-state index in [1.165, 1.54) is 11.3 Å². The van der Waals surface area contributed by atoms with Crippen LogP contribution in [0, 0.1) is 17.8 Å². The molecule has 0 radical (unpaired) electrons. The van der Waals surface area contributed by atoms with E-state index in [2.05, 4.69) is 53.3 Å². The van der Waals surface area contributed by atoms with Gasteiger partial charge in [0, 0.05) is 26.3 Å². The molecule has 4 N–H and O–H groups in total. The smallest absolute Gasteiger partial charge is 0.223 e. The monoisotopic (exact) mass is 507 g/mol. The van der Waals surface area contributed by atoms with Gasteiger partial charge in [-0.25, -0.2) is 15.0 Å². The van der Waals surface area contributed by atoms with E-state index in [0.717, 1.165) is 32.1 Å². The maximum atomic E-state index is 12.1. The fraction of sp³-hybridized carbons (Fsp3) is 0.368. The number of thiazole rings is 1. The summed E-state index contributed by atoms with van der Waals surface area (Å²) in [5.41, 5.74) is 7.83. The van der Waals surface area contributed by atoms with Crippen molar-refractivity contribution in [2.45, 2.75) is 12.5 Å². The number of carbonyl (C=O) groups excluding carboxylic acids is 1. The third kappa shape index (κ3) is 3.09. The van der Waals surface area contributed by atoms with Crippen LogP contribution in [0.3, 0.4) is 0 Å². The number of anilines is 2. The Kier molecular flexibility index (Phi) is 4.75. The molecule has 2 bridgehead atoms. The highest BCUT2D eigenvalue weighted by molar-refractivity contribution is 9.10. The Balaban J connectivity index is 1.56. The lowest BCUT2D eigenvalue weighted by atomic mass is 9.88. The van der Waals surface area contributed by atoms with Crippen molar-refractivity contribution in [1.82, 2.24) is 19.9 Å². The molecular weight excluding hydrogens is 490 g/mol. The molecule has 0 spiro atoms. The maximum absolute atomic E-state index is 12.1. The predicted octanol–water partition coefficient (Wildman–Crippen LogP) is 3.65. The Bertz CT molecular complexity index is 1190. The molecule has 5 rings (SSSR count). The van der Waals surface area contributed by atoms with Gasteiger partial charge in [0.1, 0.15) is 10.4 Å². The minimum Gasteiger partial charge on any atom is -0.378 e. The summed E-state index contributed by atoms with van der Waals surface area (Å²) < 4.78 is 0.782. The molecule has 2 aliphatic carbocycles. The summed E-state index contributed by atoms with van der Waals surface area (Å²) in [6.07, 6.45) is 6.93. The van der Waals surface area contributed by atoms with Crippen LogP contribution < -0.4 is 16.0 Å². The van der Waals surface area contributed by atoms with Crippen LogP contribution in [0.2, 0.25) is 5.15 Å². The summed E-state index contributed by atoms with van der Waals surface area (Å²) in [6, 6.07) is -0.0708. The number of pyridine rings is 1. The average Bonchev–Trinajstić information content (AvgIpc) is 3.45. The number of H-pyrrole nitrogens is 1. The molecule has 3 aromatic rings. The SMILES string of the molecule is CN(C)c1nc(Cl)c(-c2nc3ncc(Br)c(NC4[C@@H](C(N)=O)[C@@H]5C=C[C@H]4C5)c3[nH]2)s1. The number of hydrogen-bond donors (Lipinski definition) is 3. The minimum atomic E-state index is -0.274. The number of amides is 1. The fourth-order valence-corrected chi connectivity index (χ4v) is 5.96. The van der Waals surface area contributed by atoms with Crippen LogP contribution in [-0.4, -0.2) is 46.0 Å². The van der Waals surface area contributed by atoms with E-state index in [1.54, 1.807) is 6.20 Å². The van der Waals surface area contributed by atoms with Gasteiger partial charge in [0.25, 0.3) is 0 Å². The van der Waals surface area contributed by atoms with E-state index in [4.69, 9.17) is 17.3 Å². The summed E-state index contributed by atoms with van der Waals surface area (Å²) in [5, 5.41) is 4.74. The van der Waals surface area contributed by atoms with Crippen molar-refractivity contribution in [3.63, 3.8) is 0 Å². The number of fused-ring (bicyclic) bond motifs is 3. The van der Waals surface area contributed by atoms with Crippen LogP contribution in [-0.2, 0) is 4.79 Å². The normalized spacial score (nSPS) is 24.7. The number of rotatable bonds is 5. The average molecular weight is 509 g/mol.